The lowest BCUT2D eigenvalue weighted by Gasteiger charge is -2.33. The van der Waals surface area contributed by atoms with E-state index < -0.39 is 17.3 Å². The van der Waals surface area contributed by atoms with Crippen molar-refractivity contribution in [3.63, 3.8) is 0 Å². The molecule has 4 nitrogen and oxygen atoms in total. The Morgan fingerprint density at radius 3 is 2.36 bits per heavy atom. The van der Waals surface area contributed by atoms with Gasteiger partial charge in [0.25, 0.3) is 0 Å². The first-order valence-corrected chi connectivity index (χ1v) is 7.81. The number of likely N-dealkylation sites (tertiary alicyclic amines) is 1. The largest absolute Gasteiger partial charge is 0.481 e. The minimum Gasteiger partial charge on any atom is -0.481 e. The standard InChI is InChI=1S/C17H20FNO3/c18-14-5-3-13(4-6-14)17(8-1-2-9-17)16(22)19-10-7-12(11-19)15(20)21/h3-6,12H,1-2,7-11H2,(H,20,21). The number of nitrogens with zero attached hydrogens (tertiary/aromatic N) is 1. The van der Waals surface area contributed by atoms with Crippen molar-refractivity contribution in [1.82, 2.24) is 4.90 Å². The molecule has 22 heavy (non-hydrogen) atoms. The lowest BCUT2D eigenvalue weighted by Crippen LogP contribution is -2.44. The fourth-order valence-electron chi connectivity index (χ4n) is 3.82. The van der Waals surface area contributed by atoms with Crippen molar-refractivity contribution in [2.75, 3.05) is 13.1 Å². The molecule has 0 radical (unpaired) electrons. The monoisotopic (exact) mass is 305 g/mol. The van der Waals surface area contributed by atoms with Crippen LogP contribution in [0.25, 0.3) is 0 Å². The summed E-state index contributed by atoms with van der Waals surface area (Å²) >= 11 is 0. The summed E-state index contributed by atoms with van der Waals surface area (Å²) in [6.45, 7) is 0.788. The van der Waals surface area contributed by atoms with E-state index >= 15 is 0 Å². The van der Waals surface area contributed by atoms with Crippen LogP contribution in [0.2, 0.25) is 0 Å². The second kappa shape index (κ2) is 5.71. The average molecular weight is 305 g/mol. The number of amides is 1. The summed E-state index contributed by atoms with van der Waals surface area (Å²) in [6, 6.07) is 6.19. The van der Waals surface area contributed by atoms with Crippen LogP contribution < -0.4 is 0 Å². The smallest absolute Gasteiger partial charge is 0.308 e. The van der Waals surface area contributed by atoms with Gasteiger partial charge in [-0.25, -0.2) is 4.39 Å². The highest BCUT2D eigenvalue weighted by Crippen LogP contribution is 2.43. The molecule has 1 aliphatic carbocycles. The predicted molar refractivity (Wildman–Crippen MR) is 78.9 cm³/mol. The van der Waals surface area contributed by atoms with Crippen LogP contribution in [0.4, 0.5) is 4.39 Å². The van der Waals surface area contributed by atoms with Crippen molar-refractivity contribution >= 4 is 11.9 Å². The van der Waals surface area contributed by atoms with Crippen molar-refractivity contribution in [1.29, 1.82) is 0 Å². The second-order valence-corrected chi connectivity index (χ2v) is 6.37. The van der Waals surface area contributed by atoms with Crippen LogP contribution >= 0.6 is 0 Å². The maximum absolute atomic E-state index is 13.2. The topological polar surface area (TPSA) is 57.6 Å². The zero-order valence-corrected chi connectivity index (χ0v) is 12.4. The summed E-state index contributed by atoms with van der Waals surface area (Å²) in [5, 5.41) is 9.11. The highest BCUT2D eigenvalue weighted by molar-refractivity contribution is 5.89. The molecule has 0 bridgehead atoms. The van der Waals surface area contributed by atoms with Gasteiger partial charge in [-0.15, -0.1) is 0 Å². The molecule has 1 aromatic rings. The number of hydrogen-bond donors (Lipinski definition) is 1. The first kappa shape index (κ1) is 15.0. The molecule has 1 aliphatic heterocycles. The van der Waals surface area contributed by atoms with E-state index in [-0.39, 0.29) is 18.3 Å². The van der Waals surface area contributed by atoms with Crippen LogP contribution in [0.3, 0.4) is 0 Å². The zero-order valence-electron chi connectivity index (χ0n) is 12.4. The maximum atomic E-state index is 13.2. The molecule has 2 fully saturated rings. The van der Waals surface area contributed by atoms with Gasteiger partial charge in [-0.2, -0.15) is 0 Å². The normalized spacial score (nSPS) is 23.7. The van der Waals surface area contributed by atoms with Crippen LogP contribution in [0.5, 0.6) is 0 Å². The molecule has 1 saturated heterocycles. The van der Waals surface area contributed by atoms with E-state index in [4.69, 9.17) is 5.11 Å². The number of halogens is 1. The fourth-order valence-corrected chi connectivity index (χ4v) is 3.82. The molecule has 5 heteroatoms. The third-order valence-corrected chi connectivity index (χ3v) is 5.09. The van der Waals surface area contributed by atoms with Gasteiger partial charge in [0.1, 0.15) is 5.82 Å². The van der Waals surface area contributed by atoms with Crippen molar-refractivity contribution in [3.05, 3.63) is 35.6 Å². The van der Waals surface area contributed by atoms with Gasteiger partial charge in [-0.3, -0.25) is 9.59 Å². The van der Waals surface area contributed by atoms with Gasteiger partial charge < -0.3 is 10.0 Å². The van der Waals surface area contributed by atoms with Gasteiger partial charge in [0.05, 0.1) is 11.3 Å². The van der Waals surface area contributed by atoms with Gasteiger partial charge in [0.2, 0.25) is 5.91 Å². The number of benzene rings is 1. The minimum atomic E-state index is -0.836. The highest BCUT2D eigenvalue weighted by atomic mass is 19.1. The molecular formula is C17H20FNO3. The number of carboxylic acid groups (broad SMARTS) is 1. The molecule has 0 spiro atoms. The molecule has 118 valence electrons. The van der Waals surface area contributed by atoms with Crippen molar-refractivity contribution in [2.45, 2.75) is 37.5 Å². The Morgan fingerprint density at radius 2 is 1.82 bits per heavy atom. The molecule has 0 aromatic heterocycles. The van der Waals surface area contributed by atoms with Gasteiger partial charge in [-0.1, -0.05) is 25.0 Å². The Labute approximate surface area is 128 Å². The summed E-state index contributed by atoms with van der Waals surface area (Å²) < 4.78 is 13.2. The van der Waals surface area contributed by atoms with E-state index in [0.29, 0.717) is 13.0 Å². The van der Waals surface area contributed by atoms with E-state index in [1.807, 2.05) is 0 Å². The number of carbonyl (C=O) groups is 2. The molecular weight excluding hydrogens is 285 g/mol. The van der Waals surface area contributed by atoms with E-state index in [0.717, 1.165) is 31.2 Å². The van der Waals surface area contributed by atoms with Crippen LogP contribution in [0, 0.1) is 11.7 Å². The maximum Gasteiger partial charge on any atom is 0.308 e. The summed E-state index contributed by atoms with van der Waals surface area (Å²) in [5.41, 5.74) is 0.261. The number of carboxylic acids is 1. The molecule has 1 amide bonds. The summed E-state index contributed by atoms with van der Waals surface area (Å²) in [7, 11) is 0. The molecule has 1 aromatic carbocycles. The second-order valence-electron chi connectivity index (χ2n) is 6.37. The third-order valence-electron chi connectivity index (χ3n) is 5.09. The Kier molecular flexibility index (Phi) is 3.89. The molecule has 2 aliphatic rings. The lowest BCUT2D eigenvalue weighted by atomic mass is 9.77. The third kappa shape index (κ3) is 2.49. The summed E-state index contributed by atoms with van der Waals surface area (Å²) in [4.78, 5) is 25.8. The van der Waals surface area contributed by atoms with E-state index in [1.54, 1.807) is 17.0 Å². The summed E-state index contributed by atoms with van der Waals surface area (Å²) in [5.74, 6) is -1.59. The van der Waals surface area contributed by atoms with Crippen molar-refractivity contribution in [2.24, 2.45) is 5.92 Å². The SMILES string of the molecule is O=C(O)C1CCN(C(=O)C2(c3ccc(F)cc3)CCCC2)C1. The molecule has 1 heterocycles. The van der Waals surface area contributed by atoms with Crippen molar-refractivity contribution < 1.29 is 19.1 Å². The Bertz CT molecular complexity index is 578. The number of carbonyl (C=O) groups excluding carboxylic acids is 1. The molecule has 1 N–H and O–H groups in total. The Morgan fingerprint density at radius 1 is 1.18 bits per heavy atom. The Hall–Kier alpha value is -1.91. The summed E-state index contributed by atoms with van der Waals surface area (Å²) in [6.07, 6.45) is 3.97. The van der Waals surface area contributed by atoms with E-state index in [9.17, 15) is 14.0 Å². The highest BCUT2D eigenvalue weighted by Gasteiger charge is 2.46. The number of hydrogen-bond acceptors (Lipinski definition) is 2. The van der Waals surface area contributed by atoms with Crippen LogP contribution in [-0.2, 0) is 15.0 Å². The lowest BCUT2D eigenvalue weighted by molar-refractivity contribution is -0.142. The van der Waals surface area contributed by atoms with Gasteiger partial charge in [0.15, 0.2) is 0 Å². The predicted octanol–water partition coefficient (Wildman–Crippen LogP) is 2.57. The molecule has 1 atom stereocenters. The van der Waals surface area contributed by atoms with Crippen LogP contribution in [0.1, 0.15) is 37.7 Å². The van der Waals surface area contributed by atoms with Gasteiger partial charge >= 0.3 is 5.97 Å². The fraction of sp³-hybridized carbons (Fsp3) is 0.529. The first-order valence-electron chi connectivity index (χ1n) is 7.81. The number of rotatable bonds is 3. The zero-order chi connectivity index (χ0) is 15.7. The minimum absolute atomic E-state index is 0.0142. The van der Waals surface area contributed by atoms with Crippen LogP contribution in [0.15, 0.2) is 24.3 Å². The van der Waals surface area contributed by atoms with Gasteiger partial charge in [-0.05, 0) is 37.0 Å². The molecule has 3 rings (SSSR count). The molecule has 1 unspecified atom stereocenters. The van der Waals surface area contributed by atoms with E-state index in [2.05, 4.69) is 0 Å². The number of aliphatic carboxylic acids is 1. The molecule has 1 saturated carbocycles. The van der Waals surface area contributed by atoms with E-state index in [1.165, 1.54) is 12.1 Å². The first-order chi connectivity index (χ1) is 10.5. The Balaban J connectivity index is 1.86. The van der Waals surface area contributed by atoms with Crippen LogP contribution in [-0.4, -0.2) is 35.0 Å². The quantitative estimate of drug-likeness (QED) is 0.933. The van der Waals surface area contributed by atoms with Gasteiger partial charge in [0, 0.05) is 13.1 Å². The van der Waals surface area contributed by atoms with Crippen molar-refractivity contribution in [3.8, 4) is 0 Å². The average Bonchev–Trinajstić information content (AvgIpc) is 3.17.